The summed E-state index contributed by atoms with van der Waals surface area (Å²) in [5.41, 5.74) is 8.12. The molecule has 7 heteroatoms. The maximum absolute atomic E-state index is 12.5. The second-order valence-electron chi connectivity index (χ2n) is 6.33. The standard InChI is InChI=1S/C20H25N3O2.2ClH/c1-25-16-10-8-15(9-11-16)19(23-12-4-5-13-23)14-22-20(24)17-6-2-3-7-18(17)21;;/h2-3,6-11,19H,4-5,12-14,21H2,1H3,(H,22,24);2*1H. The number of amides is 1. The van der Waals surface area contributed by atoms with E-state index in [4.69, 9.17) is 10.5 Å². The number of nitrogens with one attached hydrogen (secondary N) is 1. The van der Waals surface area contributed by atoms with Crippen LogP contribution in [0.3, 0.4) is 0 Å². The lowest BCUT2D eigenvalue weighted by Crippen LogP contribution is -2.37. The van der Waals surface area contributed by atoms with Crippen LogP contribution in [-0.4, -0.2) is 37.6 Å². The number of nitrogens with two attached hydrogens (primary N) is 1. The quantitative estimate of drug-likeness (QED) is 0.711. The van der Waals surface area contributed by atoms with Gasteiger partial charge in [0.15, 0.2) is 0 Å². The Labute approximate surface area is 173 Å². The summed E-state index contributed by atoms with van der Waals surface area (Å²) in [7, 11) is 1.66. The molecule has 0 saturated carbocycles. The van der Waals surface area contributed by atoms with Crippen LogP contribution >= 0.6 is 24.8 Å². The highest BCUT2D eigenvalue weighted by Crippen LogP contribution is 2.26. The summed E-state index contributed by atoms with van der Waals surface area (Å²) in [5.74, 6) is 0.709. The highest BCUT2D eigenvalue weighted by molar-refractivity contribution is 5.99. The Morgan fingerprint density at radius 3 is 2.33 bits per heavy atom. The molecule has 1 aliphatic heterocycles. The number of rotatable bonds is 6. The highest BCUT2D eigenvalue weighted by Gasteiger charge is 2.24. The zero-order valence-electron chi connectivity index (χ0n) is 15.4. The smallest absolute Gasteiger partial charge is 0.253 e. The Hall–Kier alpha value is -1.95. The molecule has 1 aliphatic rings. The fourth-order valence-electron chi connectivity index (χ4n) is 3.33. The Balaban J connectivity index is 0.00000182. The zero-order chi connectivity index (χ0) is 17.6. The molecule has 0 aliphatic carbocycles. The van der Waals surface area contributed by atoms with E-state index < -0.39 is 0 Å². The van der Waals surface area contributed by atoms with E-state index in [0.29, 0.717) is 17.8 Å². The Kier molecular flexibility index (Phi) is 9.43. The fraction of sp³-hybridized carbons (Fsp3) is 0.350. The normalized spacial score (nSPS) is 14.6. The number of methoxy groups -OCH3 is 1. The van der Waals surface area contributed by atoms with Crippen LogP contribution in [0.2, 0.25) is 0 Å². The Morgan fingerprint density at radius 2 is 1.74 bits per heavy atom. The predicted molar refractivity (Wildman–Crippen MR) is 114 cm³/mol. The maximum Gasteiger partial charge on any atom is 0.253 e. The summed E-state index contributed by atoms with van der Waals surface area (Å²) in [4.78, 5) is 14.9. The van der Waals surface area contributed by atoms with E-state index in [1.807, 2.05) is 24.3 Å². The van der Waals surface area contributed by atoms with Crippen LogP contribution in [0.15, 0.2) is 48.5 Å². The van der Waals surface area contributed by atoms with E-state index in [1.54, 1.807) is 19.2 Å². The molecule has 1 atom stereocenters. The molecule has 3 N–H and O–H groups in total. The number of para-hydroxylation sites is 1. The lowest BCUT2D eigenvalue weighted by atomic mass is 10.0. The summed E-state index contributed by atoms with van der Waals surface area (Å²) in [6, 6.07) is 15.4. The average Bonchev–Trinajstić information content (AvgIpc) is 3.17. The summed E-state index contributed by atoms with van der Waals surface area (Å²) in [5, 5.41) is 3.05. The third-order valence-electron chi connectivity index (χ3n) is 4.74. The first-order chi connectivity index (χ1) is 12.2. The minimum absolute atomic E-state index is 0. The van der Waals surface area contributed by atoms with E-state index in [2.05, 4.69) is 22.3 Å². The monoisotopic (exact) mass is 411 g/mol. The fourth-order valence-corrected chi connectivity index (χ4v) is 3.33. The summed E-state index contributed by atoms with van der Waals surface area (Å²) < 4.78 is 5.25. The Bertz CT molecular complexity index is 719. The second-order valence-corrected chi connectivity index (χ2v) is 6.33. The van der Waals surface area contributed by atoms with Gasteiger partial charge in [0.1, 0.15) is 5.75 Å². The van der Waals surface area contributed by atoms with Crippen molar-refractivity contribution in [2.45, 2.75) is 18.9 Å². The van der Waals surface area contributed by atoms with Gasteiger partial charge in [-0.2, -0.15) is 0 Å². The van der Waals surface area contributed by atoms with Crippen LogP contribution in [0, 0.1) is 0 Å². The number of benzene rings is 2. The molecule has 0 bridgehead atoms. The van der Waals surface area contributed by atoms with Crippen LogP contribution in [-0.2, 0) is 0 Å². The SMILES string of the molecule is COc1ccc(C(CNC(=O)c2ccccc2N)N2CCCC2)cc1.Cl.Cl. The summed E-state index contributed by atoms with van der Waals surface area (Å²) in [6.07, 6.45) is 2.40. The van der Waals surface area contributed by atoms with E-state index in [1.165, 1.54) is 18.4 Å². The van der Waals surface area contributed by atoms with Crippen molar-refractivity contribution in [3.8, 4) is 5.75 Å². The molecule has 27 heavy (non-hydrogen) atoms. The zero-order valence-corrected chi connectivity index (χ0v) is 17.0. The molecule has 2 aromatic rings. The third-order valence-corrected chi connectivity index (χ3v) is 4.74. The summed E-state index contributed by atoms with van der Waals surface area (Å²) in [6.45, 7) is 2.67. The number of ether oxygens (including phenoxy) is 1. The van der Waals surface area contributed by atoms with Gasteiger partial charge < -0.3 is 15.8 Å². The van der Waals surface area contributed by atoms with Crippen molar-refractivity contribution in [1.29, 1.82) is 0 Å². The van der Waals surface area contributed by atoms with Gasteiger partial charge in [-0.05, 0) is 55.8 Å². The van der Waals surface area contributed by atoms with Crippen molar-refractivity contribution in [3.63, 3.8) is 0 Å². The van der Waals surface area contributed by atoms with Crippen LogP contribution in [0.25, 0.3) is 0 Å². The molecule has 2 aromatic carbocycles. The lowest BCUT2D eigenvalue weighted by Gasteiger charge is -2.28. The first-order valence-corrected chi connectivity index (χ1v) is 8.70. The molecule has 3 rings (SSSR count). The largest absolute Gasteiger partial charge is 0.497 e. The number of anilines is 1. The molecule has 5 nitrogen and oxygen atoms in total. The van der Waals surface area contributed by atoms with Gasteiger partial charge >= 0.3 is 0 Å². The minimum Gasteiger partial charge on any atom is -0.497 e. The summed E-state index contributed by atoms with van der Waals surface area (Å²) >= 11 is 0. The van der Waals surface area contributed by atoms with Gasteiger partial charge in [0, 0.05) is 12.2 Å². The number of nitrogen functional groups attached to an aromatic ring is 1. The second kappa shape index (κ2) is 11.0. The molecule has 1 fully saturated rings. The van der Waals surface area contributed by atoms with E-state index in [-0.39, 0.29) is 36.8 Å². The predicted octanol–water partition coefficient (Wildman–Crippen LogP) is 3.69. The van der Waals surface area contributed by atoms with Crippen molar-refractivity contribution in [3.05, 3.63) is 59.7 Å². The number of halogens is 2. The number of carbonyl (C=O) groups is 1. The van der Waals surface area contributed by atoms with Crippen LogP contribution < -0.4 is 15.8 Å². The van der Waals surface area contributed by atoms with Gasteiger partial charge in [-0.3, -0.25) is 9.69 Å². The van der Waals surface area contributed by atoms with Gasteiger partial charge in [0.2, 0.25) is 0 Å². The number of hydrogen-bond acceptors (Lipinski definition) is 4. The van der Waals surface area contributed by atoms with Crippen LogP contribution in [0.1, 0.15) is 34.8 Å². The molecule has 0 radical (unpaired) electrons. The Morgan fingerprint density at radius 1 is 1.11 bits per heavy atom. The highest BCUT2D eigenvalue weighted by atomic mass is 35.5. The third kappa shape index (κ3) is 5.76. The van der Waals surface area contributed by atoms with Crippen molar-refractivity contribution >= 4 is 36.4 Å². The molecule has 148 valence electrons. The minimum atomic E-state index is -0.129. The molecular weight excluding hydrogens is 385 g/mol. The van der Waals surface area contributed by atoms with E-state index in [0.717, 1.165) is 18.8 Å². The van der Waals surface area contributed by atoms with Crippen molar-refractivity contribution in [1.82, 2.24) is 10.2 Å². The van der Waals surface area contributed by atoms with Gasteiger partial charge in [0.25, 0.3) is 5.91 Å². The van der Waals surface area contributed by atoms with Gasteiger partial charge in [-0.15, -0.1) is 24.8 Å². The molecule has 1 heterocycles. The molecule has 1 amide bonds. The van der Waals surface area contributed by atoms with Crippen LogP contribution in [0.4, 0.5) is 5.69 Å². The van der Waals surface area contributed by atoms with Gasteiger partial charge in [-0.25, -0.2) is 0 Å². The number of hydrogen-bond donors (Lipinski definition) is 2. The number of likely N-dealkylation sites (tertiary alicyclic amines) is 1. The average molecular weight is 412 g/mol. The number of carbonyl (C=O) groups excluding carboxylic acids is 1. The maximum atomic E-state index is 12.5. The molecule has 0 aromatic heterocycles. The number of nitrogens with zero attached hydrogens (tertiary/aromatic N) is 1. The first-order valence-electron chi connectivity index (χ1n) is 8.70. The molecular formula is C20H27Cl2N3O2. The molecule has 1 saturated heterocycles. The van der Waals surface area contributed by atoms with Crippen molar-refractivity contribution in [2.75, 3.05) is 32.5 Å². The lowest BCUT2D eigenvalue weighted by molar-refractivity contribution is 0.0939. The van der Waals surface area contributed by atoms with E-state index >= 15 is 0 Å². The van der Waals surface area contributed by atoms with Gasteiger partial charge in [-0.1, -0.05) is 24.3 Å². The molecule has 0 spiro atoms. The first kappa shape index (κ1) is 23.1. The van der Waals surface area contributed by atoms with Crippen LogP contribution in [0.5, 0.6) is 5.75 Å². The van der Waals surface area contributed by atoms with Crippen molar-refractivity contribution in [2.24, 2.45) is 0 Å². The van der Waals surface area contributed by atoms with E-state index in [9.17, 15) is 4.79 Å². The van der Waals surface area contributed by atoms with Gasteiger partial charge in [0.05, 0.1) is 18.7 Å². The van der Waals surface area contributed by atoms with Crippen molar-refractivity contribution < 1.29 is 9.53 Å². The molecule has 1 unspecified atom stereocenters. The topological polar surface area (TPSA) is 67.6 Å².